The minimum absolute atomic E-state index is 0.168. The first kappa shape index (κ1) is 12.5. The molecule has 0 saturated heterocycles. The summed E-state index contributed by atoms with van der Waals surface area (Å²) < 4.78 is 9.95. The van der Waals surface area contributed by atoms with Crippen molar-refractivity contribution in [2.75, 3.05) is 13.2 Å². The minimum atomic E-state index is -0.356. The highest BCUT2D eigenvalue weighted by atomic mass is 35.5. The lowest BCUT2D eigenvalue weighted by Crippen LogP contribution is -2.09. The summed E-state index contributed by atoms with van der Waals surface area (Å²) in [7, 11) is 0. The van der Waals surface area contributed by atoms with Crippen LogP contribution in [0.1, 0.15) is 17.3 Å². The van der Waals surface area contributed by atoms with Gasteiger partial charge in [-0.1, -0.05) is 11.6 Å². The van der Waals surface area contributed by atoms with Crippen LogP contribution in [-0.2, 0) is 9.53 Å². The van der Waals surface area contributed by atoms with Gasteiger partial charge in [0.2, 0.25) is 0 Å². The summed E-state index contributed by atoms with van der Waals surface area (Å²) in [5.41, 5.74) is 0.484. The van der Waals surface area contributed by atoms with Crippen LogP contribution in [0.15, 0.2) is 18.2 Å². The van der Waals surface area contributed by atoms with Crippen molar-refractivity contribution >= 4 is 23.9 Å². The molecule has 0 radical (unpaired) electrons. The Bertz CT molecular complexity index is 390. The SMILES string of the molecule is CC(=O)OCCOc1ccc(C=O)cc1Cl. The molecule has 86 valence electrons. The van der Waals surface area contributed by atoms with E-state index in [2.05, 4.69) is 4.74 Å². The minimum Gasteiger partial charge on any atom is -0.488 e. The van der Waals surface area contributed by atoms with Crippen molar-refractivity contribution in [2.24, 2.45) is 0 Å². The first-order valence-corrected chi connectivity index (χ1v) is 5.02. The molecule has 4 nitrogen and oxygen atoms in total. The van der Waals surface area contributed by atoms with E-state index in [1.807, 2.05) is 0 Å². The quantitative estimate of drug-likeness (QED) is 0.451. The van der Waals surface area contributed by atoms with Gasteiger partial charge in [-0.05, 0) is 18.2 Å². The molecule has 1 aromatic carbocycles. The fourth-order valence-electron chi connectivity index (χ4n) is 1.04. The number of aldehydes is 1. The average molecular weight is 243 g/mol. The number of halogens is 1. The zero-order valence-electron chi connectivity index (χ0n) is 8.73. The summed E-state index contributed by atoms with van der Waals surface area (Å²) in [5, 5.41) is 0.354. The maximum atomic E-state index is 10.5. The van der Waals surface area contributed by atoms with Gasteiger partial charge in [-0.2, -0.15) is 0 Å². The van der Waals surface area contributed by atoms with Gasteiger partial charge < -0.3 is 9.47 Å². The highest BCUT2D eigenvalue weighted by Crippen LogP contribution is 2.24. The lowest BCUT2D eigenvalue weighted by atomic mass is 10.2. The number of ether oxygens (including phenoxy) is 2. The normalized spacial score (nSPS) is 9.62. The Morgan fingerprint density at radius 2 is 2.19 bits per heavy atom. The van der Waals surface area contributed by atoms with Gasteiger partial charge in [0, 0.05) is 12.5 Å². The van der Waals surface area contributed by atoms with Crippen molar-refractivity contribution in [3.63, 3.8) is 0 Å². The number of carbonyl (C=O) groups is 2. The zero-order chi connectivity index (χ0) is 12.0. The third kappa shape index (κ3) is 3.90. The van der Waals surface area contributed by atoms with E-state index < -0.39 is 0 Å². The maximum absolute atomic E-state index is 10.5. The highest BCUT2D eigenvalue weighted by molar-refractivity contribution is 6.32. The standard InChI is InChI=1S/C11H11ClO4/c1-8(14)15-4-5-16-11-3-2-9(7-13)6-10(11)12/h2-3,6-7H,4-5H2,1H3. The van der Waals surface area contributed by atoms with Crippen molar-refractivity contribution in [1.82, 2.24) is 0 Å². The summed E-state index contributed by atoms with van der Waals surface area (Å²) in [5.74, 6) is 0.102. The third-order valence-electron chi connectivity index (χ3n) is 1.74. The Balaban J connectivity index is 2.48. The molecule has 0 fully saturated rings. The second-order valence-electron chi connectivity index (χ2n) is 3.00. The Kier molecular flexibility index (Phi) is 4.79. The highest BCUT2D eigenvalue weighted by Gasteiger charge is 2.03. The summed E-state index contributed by atoms with van der Waals surface area (Å²) in [4.78, 5) is 20.9. The molecule has 0 amide bonds. The zero-order valence-corrected chi connectivity index (χ0v) is 9.49. The van der Waals surface area contributed by atoms with Crippen LogP contribution in [0.2, 0.25) is 5.02 Å². The number of rotatable bonds is 5. The van der Waals surface area contributed by atoms with Crippen LogP contribution in [-0.4, -0.2) is 25.5 Å². The summed E-state index contributed by atoms with van der Waals surface area (Å²) in [6, 6.07) is 4.70. The number of hydrogen-bond donors (Lipinski definition) is 0. The topological polar surface area (TPSA) is 52.6 Å². The molecule has 1 rings (SSSR count). The molecule has 1 aromatic rings. The predicted octanol–water partition coefficient (Wildman–Crippen LogP) is 2.09. The fraction of sp³-hybridized carbons (Fsp3) is 0.273. The molecule has 0 spiro atoms. The van der Waals surface area contributed by atoms with E-state index in [4.69, 9.17) is 16.3 Å². The molecule has 0 aliphatic heterocycles. The Labute approximate surface area is 98.1 Å². The molecular formula is C11H11ClO4. The average Bonchev–Trinajstić information content (AvgIpc) is 2.25. The molecule has 16 heavy (non-hydrogen) atoms. The van der Waals surface area contributed by atoms with Gasteiger partial charge in [0.15, 0.2) is 0 Å². The maximum Gasteiger partial charge on any atom is 0.302 e. The first-order valence-electron chi connectivity index (χ1n) is 4.64. The van der Waals surface area contributed by atoms with Crippen LogP contribution in [0.5, 0.6) is 5.75 Å². The van der Waals surface area contributed by atoms with Crippen molar-refractivity contribution in [3.05, 3.63) is 28.8 Å². The second-order valence-corrected chi connectivity index (χ2v) is 3.40. The molecule has 5 heteroatoms. The lowest BCUT2D eigenvalue weighted by Gasteiger charge is -2.08. The molecule has 0 bridgehead atoms. The Morgan fingerprint density at radius 1 is 1.44 bits per heavy atom. The monoisotopic (exact) mass is 242 g/mol. The van der Waals surface area contributed by atoms with Gasteiger partial charge in [-0.25, -0.2) is 0 Å². The molecule has 0 atom stereocenters. The van der Waals surface area contributed by atoms with E-state index in [0.29, 0.717) is 22.6 Å². The predicted molar refractivity (Wildman–Crippen MR) is 59.0 cm³/mol. The Morgan fingerprint density at radius 3 is 2.75 bits per heavy atom. The largest absolute Gasteiger partial charge is 0.488 e. The van der Waals surface area contributed by atoms with Crippen molar-refractivity contribution in [1.29, 1.82) is 0 Å². The van der Waals surface area contributed by atoms with E-state index >= 15 is 0 Å². The van der Waals surface area contributed by atoms with Crippen molar-refractivity contribution in [3.8, 4) is 5.75 Å². The van der Waals surface area contributed by atoms with Gasteiger partial charge in [0.05, 0.1) is 5.02 Å². The molecular weight excluding hydrogens is 232 g/mol. The summed E-state index contributed by atoms with van der Waals surface area (Å²) >= 11 is 5.86. The molecule has 0 saturated carbocycles. The van der Waals surface area contributed by atoms with Gasteiger partial charge in [-0.3, -0.25) is 9.59 Å². The van der Waals surface area contributed by atoms with Crippen LogP contribution in [0.25, 0.3) is 0 Å². The lowest BCUT2D eigenvalue weighted by molar-refractivity contribution is -0.141. The third-order valence-corrected chi connectivity index (χ3v) is 2.03. The summed E-state index contributed by atoms with van der Waals surface area (Å²) in [6.07, 6.45) is 0.703. The van der Waals surface area contributed by atoms with Gasteiger partial charge in [0.25, 0.3) is 0 Å². The number of benzene rings is 1. The van der Waals surface area contributed by atoms with Crippen LogP contribution in [0.4, 0.5) is 0 Å². The van der Waals surface area contributed by atoms with Crippen LogP contribution in [0.3, 0.4) is 0 Å². The summed E-state index contributed by atoms with van der Waals surface area (Å²) in [6.45, 7) is 1.71. The second kappa shape index (κ2) is 6.12. The van der Waals surface area contributed by atoms with E-state index in [-0.39, 0.29) is 19.2 Å². The van der Waals surface area contributed by atoms with Gasteiger partial charge >= 0.3 is 5.97 Å². The molecule has 0 heterocycles. The fourth-order valence-corrected chi connectivity index (χ4v) is 1.29. The van der Waals surface area contributed by atoms with E-state index in [1.165, 1.54) is 13.0 Å². The van der Waals surface area contributed by atoms with Crippen LogP contribution in [0, 0.1) is 0 Å². The van der Waals surface area contributed by atoms with Gasteiger partial charge in [-0.15, -0.1) is 0 Å². The van der Waals surface area contributed by atoms with Gasteiger partial charge in [0.1, 0.15) is 25.2 Å². The van der Waals surface area contributed by atoms with Crippen molar-refractivity contribution < 1.29 is 19.1 Å². The van der Waals surface area contributed by atoms with Crippen LogP contribution < -0.4 is 4.74 Å². The number of esters is 1. The smallest absolute Gasteiger partial charge is 0.302 e. The van der Waals surface area contributed by atoms with E-state index in [1.54, 1.807) is 12.1 Å². The molecule has 0 aliphatic carbocycles. The van der Waals surface area contributed by atoms with E-state index in [9.17, 15) is 9.59 Å². The number of hydrogen-bond acceptors (Lipinski definition) is 4. The van der Waals surface area contributed by atoms with E-state index in [0.717, 1.165) is 0 Å². The van der Waals surface area contributed by atoms with Crippen LogP contribution >= 0.6 is 11.6 Å². The molecule has 0 aromatic heterocycles. The molecule has 0 unspecified atom stereocenters. The first-order chi connectivity index (χ1) is 7.63. The molecule has 0 aliphatic rings. The Hall–Kier alpha value is -1.55. The molecule has 0 N–H and O–H groups in total. The van der Waals surface area contributed by atoms with Crippen molar-refractivity contribution in [2.45, 2.75) is 6.92 Å². The number of carbonyl (C=O) groups excluding carboxylic acids is 2.